The standard InChI is InChI=1S/C16H26N2O3/c1-6-9-20-14-8-7-13(11-17-3)15(10-14)21-12(2)16(19)18(4)5/h7-8,10,12,17H,6,9,11H2,1-5H3. The van der Waals surface area contributed by atoms with Crippen molar-refractivity contribution in [1.29, 1.82) is 0 Å². The van der Waals surface area contributed by atoms with Crippen molar-refractivity contribution in [3.8, 4) is 11.5 Å². The molecule has 21 heavy (non-hydrogen) atoms. The monoisotopic (exact) mass is 294 g/mol. The van der Waals surface area contributed by atoms with Gasteiger partial charge in [-0.15, -0.1) is 0 Å². The highest BCUT2D eigenvalue weighted by molar-refractivity contribution is 5.80. The number of hydrogen-bond donors (Lipinski definition) is 1. The van der Waals surface area contributed by atoms with Crippen LogP contribution in [0.2, 0.25) is 0 Å². The van der Waals surface area contributed by atoms with Crippen molar-refractivity contribution in [3.63, 3.8) is 0 Å². The van der Waals surface area contributed by atoms with Gasteiger partial charge < -0.3 is 19.7 Å². The van der Waals surface area contributed by atoms with Crippen LogP contribution in [0.4, 0.5) is 0 Å². The molecule has 1 aromatic carbocycles. The van der Waals surface area contributed by atoms with Gasteiger partial charge in [-0.1, -0.05) is 13.0 Å². The molecule has 1 aromatic rings. The molecule has 0 saturated heterocycles. The van der Waals surface area contributed by atoms with Crippen LogP contribution in [0.15, 0.2) is 18.2 Å². The molecular formula is C16H26N2O3. The average molecular weight is 294 g/mol. The lowest BCUT2D eigenvalue weighted by atomic mass is 10.2. The van der Waals surface area contributed by atoms with Crippen molar-refractivity contribution in [2.45, 2.75) is 32.9 Å². The molecule has 118 valence electrons. The van der Waals surface area contributed by atoms with E-state index in [1.54, 1.807) is 21.0 Å². The molecule has 1 rings (SSSR count). The quantitative estimate of drug-likeness (QED) is 0.797. The molecule has 0 aliphatic carbocycles. The summed E-state index contributed by atoms with van der Waals surface area (Å²) in [4.78, 5) is 13.5. The molecule has 1 N–H and O–H groups in total. The summed E-state index contributed by atoms with van der Waals surface area (Å²) in [5, 5.41) is 3.10. The fourth-order valence-electron chi connectivity index (χ4n) is 1.90. The Kier molecular flexibility index (Phi) is 7.02. The SMILES string of the molecule is CCCOc1ccc(CNC)c(OC(C)C(=O)N(C)C)c1. The number of amides is 1. The van der Waals surface area contributed by atoms with Gasteiger partial charge in [-0.25, -0.2) is 0 Å². The zero-order chi connectivity index (χ0) is 15.8. The van der Waals surface area contributed by atoms with Crippen LogP contribution in [0.1, 0.15) is 25.8 Å². The van der Waals surface area contributed by atoms with Crippen LogP contribution in [0.5, 0.6) is 11.5 Å². The molecule has 0 aliphatic heterocycles. The van der Waals surface area contributed by atoms with E-state index in [1.165, 1.54) is 4.90 Å². The number of carbonyl (C=O) groups is 1. The summed E-state index contributed by atoms with van der Waals surface area (Å²) >= 11 is 0. The van der Waals surface area contributed by atoms with Crippen molar-refractivity contribution in [2.24, 2.45) is 0 Å². The second kappa shape index (κ2) is 8.52. The second-order valence-corrected chi connectivity index (χ2v) is 5.14. The maximum absolute atomic E-state index is 11.9. The minimum absolute atomic E-state index is 0.0645. The smallest absolute Gasteiger partial charge is 0.262 e. The summed E-state index contributed by atoms with van der Waals surface area (Å²) in [6.45, 7) is 5.15. The van der Waals surface area contributed by atoms with Gasteiger partial charge >= 0.3 is 0 Å². The first kappa shape index (κ1) is 17.3. The largest absolute Gasteiger partial charge is 0.493 e. The van der Waals surface area contributed by atoms with Gasteiger partial charge in [0.2, 0.25) is 0 Å². The van der Waals surface area contributed by atoms with Crippen LogP contribution < -0.4 is 14.8 Å². The lowest BCUT2D eigenvalue weighted by Gasteiger charge is -2.20. The predicted molar refractivity (Wildman–Crippen MR) is 83.8 cm³/mol. The second-order valence-electron chi connectivity index (χ2n) is 5.14. The maximum atomic E-state index is 11.9. The topological polar surface area (TPSA) is 50.8 Å². The van der Waals surface area contributed by atoms with E-state index in [4.69, 9.17) is 9.47 Å². The highest BCUT2D eigenvalue weighted by atomic mass is 16.5. The summed E-state index contributed by atoms with van der Waals surface area (Å²) in [5.74, 6) is 1.38. The van der Waals surface area contributed by atoms with Crippen molar-refractivity contribution in [2.75, 3.05) is 27.7 Å². The van der Waals surface area contributed by atoms with Gasteiger partial charge in [0.05, 0.1) is 6.61 Å². The summed E-state index contributed by atoms with van der Waals surface area (Å²) in [6, 6.07) is 5.74. The fraction of sp³-hybridized carbons (Fsp3) is 0.562. The van der Waals surface area contributed by atoms with E-state index >= 15 is 0 Å². The van der Waals surface area contributed by atoms with E-state index in [1.807, 2.05) is 25.2 Å². The van der Waals surface area contributed by atoms with Crippen LogP contribution in [0.25, 0.3) is 0 Å². The Morgan fingerprint density at radius 2 is 2.10 bits per heavy atom. The minimum atomic E-state index is -0.531. The van der Waals surface area contributed by atoms with E-state index in [-0.39, 0.29) is 5.91 Å². The number of nitrogens with one attached hydrogen (secondary N) is 1. The van der Waals surface area contributed by atoms with Gasteiger partial charge in [-0.2, -0.15) is 0 Å². The first-order chi connectivity index (χ1) is 9.99. The summed E-state index contributed by atoms with van der Waals surface area (Å²) < 4.78 is 11.5. The van der Waals surface area contributed by atoms with Crippen molar-refractivity contribution in [1.82, 2.24) is 10.2 Å². The summed E-state index contributed by atoms with van der Waals surface area (Å²) in [5.41, 5.74) is 1.000. The van der Waals surface area contributed by atoms with Gasteiger partial charge in [-0.05, 0) is 26.5 Å². The molecule has 5 nitrogen and oxygen atoms in total. The Bertz CT molecular complexity index is 461. The Labute approximate surface area is 127 Å². The Balaban J connectivity index is 2.91. The molecule has 0 spiro atoms. The summed E-state index contributed by atoms with van der Waals surface area (Å²) in [6.07, 6.45) is 0.418. The molecule has 0 saturated carbocycles. The molecule has 5 heteroatoms. The molecule has 0 fully saturated rings. The van der Waals surface area contributed by atoms with Crippen molar-refractivity contribution >= 4 is 5.91 Å². The normalized spacial score (nSPS) is 11.9. The molecule has 0 aliphatic rings. The first-order valence-corrected chi connectivity index (χ1v) is 7.27. The molecule has 1 unspecified atom stereocenters. The predicted octanol–water partition coefficient (Wildman–Crippen LogP) is 2.05. The van der Waals surface area contributed by atoms with Gasteiger partial charge in [-0.3, -0.25) is 4.79 Å². The molecule has 0 heterocycles. The number of carbonyl (C=O) groups excluding carboxylic acids is 1. The van der Waals surface area contributed by atoms with E-state index in [0.717, 1.165) is 17.7 Å². The highest BCUT2D eigenvalue weighted by Gasteiger charge is 2.18. The number of likely N-dealkylation sites (N-methyl/N-ethyl adjacent to an activating group) is 1. The maximum Gasteiger partial charge on any atom is 0.262 e. The Morgan fingerprint density at radius 1 is 1.38 bits per heavy atom. The van der Waals surface area contributed by atoms with Gasteiger partial charge in [0.1, 0.15) is 11.5 Å². The summed E-state index contributed by atoms with van der Waals surface area (Å²) in [7, 11) is 5.31. The molecule has 0 aromatic heterocycles. The van der Waals surface area contributed by atoms with Crippen LogP contribution >= 0.6 is 0 Å². The fourth-order valence-corrected chi connectivity index (χ4v) is 1.90. The highest BCUT2D eigenvalue weighted by Crippen LogP contribution is 2.26. The minimum Gasteiger partial charge on any atom is -0.493 e. The third-order valence-electron chi connectivity index (χ3n) is 2.97. The molecule has 0 bridgehead atoms. The molecule has 1 atom stereocenters. The average Bonchev–Trinajstić information content (AvgIpc) is 2.46. The third kappa shape index (κ3) is 5.27. The third-order valence-corrected chi connectivity index (χ3v) is 2.97. The number of nitrogens with zero attached hydrogens (tertiary/aromatic N) is 1. The van der Waals surface area contributed by atoms with Crippen LogP contribution in [0.3, 0.4) is 0 Å². The van der Waals surface area contributed by atoms with E-state index in [2.05, 4.69) is 12.2 Å². The number of rotatable bonds is 8. The van der Waals surface area contributed by atoms with Gasteiger partial charge in [0.25, 0.3) is 5.91 Å². The van der Waals surface area contributed by atoms with E-state index < -0.39 is 6.10 Å². The van der Waals surface area contributed by atoms with Crippen LogP contribution in [0, 0.1) is 0 Å². The van der Waals surface area contributed by atoms with Crippen molar-refractivity contribution in [3.05, 3.63) is 23.8 Å². The number of hydrogen-bond acceptors (Lipinski definition) is 4. The van der Waals surface area contributed by atoms with Gasteiger partial charge in [0.15, 0.2) is 6.10 Å². The van der Waals surface area contributed by atoms with E-state index in [9.17, 15) is 4.79 Å². The molecule has 0 radical (unpaired) electrons. The van der Waals surface area contributed by atoms with Crippen LogP contribution in [-0.4, -0.2) is 44.7 Å². The lowest BCUT2D eigenvalue weighted by molar-refractivity contribution is -0.135. The zero-order valence-electron chi connectivity index (χ0n) is 13.6. The first-order valence-electron chi connectivity index (χ1n) is 7.27. The van der Waals surface area contributed by atoms with Crippen molar-refractivity contribution < 1.29 is 14.3 Å². The zero-order valence-corrected chi connectivity index (χ0v) is 13.6. The number of ether oxygens (including phenoxy) is 2. The Hall–Kier alpha value is -1.75. The van der Waals surface area contributed by atoms with E-state index in [0.29, 0.717) is 18.9 Å². The molecule has 1 amide bonds. The molecular weight excluding hydrogens is 268 g/mol. The number of benzene rings is 1. The van der Waals surface area contributed by atoms with Crippen LogP contribution in [-0.2, 0) is 11.3 Å². The lowest BCUT2D eigenvalue weighted by Crippen LogP contribution is -2.35. The van der Waals surface area contributed by atoms with Gasteiger partial charge in [0, 0.05) is 32.3 Å². The Morgan fingerprint density at radius 3 is 2.67 bits per heavy atom.